The second-order valence-corrected chi connectivity index (χ2v) is 4.10. The van der Waals surface area contributed by atoms with Crippen molar-refractivity contribution in [2.75, 3.05) is 11.9 Å². The predicted molar refractivity (Wildman–Crippen MR) is 62.5 cm³/mol. The molecule has 4 unspecified atom stereocenters. The lowest BCUT2D eigenvalue weighted by atomic mass is 10.0. The summed E-state index contributed by atoms with van der Waals surface area (Å²) >= 11 is 0. The van der Waals surface area contributed by atoms with Crippen LogP contribution in [-0.4, -0.2) is 46.5 Å². The van der Waals surface area contributed by atoms with Crippen molar-refractivity contribution in [2.24, 2.45) is 0 Å². The number of nitrogens with zero attached hydrogens (tertiary/aromatic N) is 1. The van der Waals surface area contributed by atoms with Crippen LogP contribution in [0.25, 0.3) is 0 Å². The molecule has 18 heavy (non-hydrogen) atoms. The van der Waals surface area contributed by atoms with Gasteiger partial charge in [0.15, 0.2) is 6.23 Å². The topological polar surface area (TPSA) is 106 Å². The first kappa shape index (κ1) is 12.8. The molecule has 1 aliphatic heterocycles. The number of aliphatic hydroxyl groups excluding tert-OH is 3. The van der Waals surface area contributed by atoms with Gasteiger partial charge in [-0.05, 0) is 12.1 Å². The summed E-state index contributed by atoms with van der Waals surface area (Å²) in [7, 11) is 0. The third-order valence-corrected chi connectivity index (χ3v) is 2.85. The molecule has 0 bridgehead atoms. The van der Waals surface area contributed by atoms with Crippen LogP contribution in [0.2, 0.25) is 0 Å². The number of hydrogen-bond acceptors (Lipinski definition) is 6. The summed E-state index contributed by atoms with van der Waals surface area (Å²) in [5.41, 5.74) is 0.918. The van der Waals surface area contributed by atoms with Crippen LogP contribution in [0.5, 0.6) is 0 Å². The smallest absolute Gasteiger partial charge is 0.156 e. The lowest BCUT2D eigenvalue weighted by Gasteiger charge is -2.36. The van der Waals surface area contributed by atoms with Gasteiger partial charge in [-0.1, -0.05) is 12.1 Å². The zero-order valence-electron chi connectivity index (χ0n) is 9.52. The summed E-state index contributed by atoms with van der Waals surface area (Å²) in [6.45, 7) is -0.0788. The lowest BCUT2D eigenvalue weighted by molar-refractivity contribution is -0.178. The van der Waals surface area contributed by atoms with Crippen molar-refractivity contribution in [3.05, 3.63) is 29.8 Å². The van der Waals surface area contributed by atoms with Crippen LogP contribution in [0.15, 0.2) is 24.3 Å². The van der Waals surface area contributed by atoms with E-state index in [1.807, 2.05) is 6.07 Å². The van der Waals surface area contributed by atoms with Gasteiger partial charge in [0.1, 0.15) is 24.4 Å². The van der Waals surface area contributed by atoms with Crippen molar-refractivity contribution in [1.82, 2.24) is 0 Å². The molecule has 0 aliphatic carbocycles. The van der Waals surface area contributed by atoms with Crippen LogP contribution in [0.1, 0.15) is 5.56 Å². The van der Waals surface area contributed by atoms with Crippen LogP contribution < -0.4 is 5.32 Å². The molecule has 1 aromatic carbocycles. The van der Waals surface area contributed by atoms with E-state index in [4.69, 9.17) is 10.00 Å². The van der Waals surface area contributed by atoms with Crippen molar-refractivity contribution in [3.8, 4) is 6.07 Å². The number of benzene rings is 1. The Bertz CT molecular complexity index is 460. The number of anilines is 1. The number of hydrogen-bond donors (Lipinski definition) is 4. The molecule has 6 heteroatoms. The quantitative estimate of drug-likeness (QED) is 0.559. The predicted octanol–water partition coefficient (Wildman–Crippen LogP) is -0.591. The van der Waals surface area contributed by atoms with Crippen LogP contribution >= 0.6 is 0 Å². The normalized spacial score (nSPS) is 31.7. The average molecular weight is 250 g/mol. The fourth-order valence-electron chi connectivity index (χ4n) is 1.79. The van der Waals surface area contributed by atoms with Gasteiger partial charge in [0, 0.05) is 0 Å². The highest BCUT2D eigenvalue weighted by Crippen LogP contribution is 2.20. The van der Waals surface area contributed by atoms with E-state index in [9.17, 15) is 15.3 Å². The van der Waals surface area contributed by atoms with E-state index in [1.54, 1.807) is 24.3 Å². The van der Waals surface area contributed by atoms with Gasteiger partial charge in [0.2, 0.25) is 0 Å². The standard InChI is InChI=1S/C12H14N2O4/c13-5-7-3-1-2-4-8(7)14-12-11(17)10(16)9(15)6-18-12/h1-4,9-12,14-17H,6H2. The molecule has 1 saturated heterocycles. The maximum Gasteiger partial charge on any atom is 0.156 e. The third-order valence-electron chi connectivity index (χ3n) is 2.85. The average Bonchev–Trinajstić information content (AvgIpc) is 2.40. The largest absolute Gasteiger partial charge is 0.388 e. The monoisotopic (exact) mass is 250 g/mol. The number of para-hydroxylation sites is 1. The highest BCUT2D eigenvalue weighted by Gasteiger charge is 2.37. The van der Waals surface area contributed by atoms with Gasteiger partial charge in [-0.2, -0.15) is 5.26 Å². The first-order valence-electron chi connectivity index (χ1n) is 5.55. The summed E-state index contributed by atoms with van der Waals surface area (Å²) in [6.07, 6.45) is -4.51. The minimum absolute atomic E-state index is 0.0788. The molecule has 0 amide bonds. The molecule has 2 rings (SSSR count). The Labute approximate surface area is 104 Å². The maximum absolute atomic E-state index is 9.75. The minimum Gasteiger partial charge on any atom is -0.388 e. The van der Waals surface area contributed by atoms with Crippen LogP contribution in [0.3, 0.4) is 0 Å². The van der Waals surface area contributed by atoms with Crippen molar-refractivity contribution in [1.29, 1.82) is 5.26 Å². The van der Waals surface area contributed by atoms with E-state index in [0.29, 0.717) is 11.3 Å². The zero-order chi connectivity index (χ0) is 13.1. The molecule has 4 N–H and O–H groups in total. The molecule has 1 heterocycles. The molecule has 96 valence electrons. The summed E-state index contributed by atoms with van der Waals surface area (Å²) in [6, 6.07) is 8.77. The van der Waals surface area contributed by atoms with Gasteiger partial charge in [0.05, 0.1) is 17.9 Å². The summed E-state index contributed by atoms with van der Waals surface area (Å²) in [4.78, 5) is 0. The number of ether oxygens (including phenoxy) is 1. The van der Waals surface area contributed by atoms with Crippen LogP contribution in [-0.2, 0) is 4.74 Å². The van der Waals surface area contributed by atoms with Gasteiger partial charge in [-0.15, -0.1) is 0 Å². The van der Waals surface area contributed by atoms with E-state index in [-0.39, 0.29) is 6.61 Å². The fourth-order valence-corrected chi connectivity index (χ4v) is 1.79. The maximum atomic E-state index is 9.75. The molecule has 1 aromatic rings. The molecule has 1 fully saturated rings. The minimum atomic E-state index is -1.27. The number of nitriles is 1. The first-order valence-corrected chi connectivity index (χ1v) is 5.55. The Kier molecular flexibility index (Phi) is 3.79. The number of aliphatic hydroxyl groups is 3. The Balaban J connectivity index is 2.12. The molecule has 4 atom stereocenters. The van der Waals surface area contributed by atoms with E-state index < -0.39 is 24.5 Å². The molecule has 0 saturated carbocycles. The van der Waals surface area contributed by atoms with Gasteiger partial charge in [0.25, 0.3) is 0 Å². The molecule has 1 aliphatic rings. The SMILES string of the molecule is N#Cc1ccccc1NC1OCC(O)C(O)C1O. The van der Waals surface area contributed by atoms with E-state index in [1.165, 1.54) is 0 Å². The van der Waals surface area contributed by atoms with Gasteiger partial charge < -0.3 is 25.4 Å². The number of nitrogens with one attached hydrogen (secondary N) is 1. The molecule has 0 radical (unpaired) electrons. The third kappa shape index (κ3) is 2.44. The van der Waals surface area contributed by atoms with Crippen LogP contribution in [0, 0.1) is 11.3 Å². The Hall–Kier alpha value is -1.65. The molecular weight excluding hydrogens is 236 g/mol. The zero-order valence-corrected chi connectivity index (χ0v) is 9.52. The van der Waals surface area contributed by atoms with Crippen molar-refractivity contribution in [3.63, 3.8) is 0 Å². The van der Waals surface area contributed by atoms with Crippen molar-refractivity contribution in [2.45, 2.75) is 24.5 Å². The second-order valence-electron chi connectivity index (χ2n) is 4.10. The van der Waals surface area contributed by atoms with Crippen LogP contribution in [0.4, 0.5) is 5.69 Å². The van der Waals surface area contributed by atoms with Crippen molar-refractivity contribution >= 4 is 5.69 Å². The summed E-state index contributed by atoms with van der Waals surface area (Å²) in [5, 5.41) is 40.4. The van der Waals surface area contributed by atoms with Crippen molar-refractivity contribution < 1.29 is 20.1 Å². The second kappa shape index (κ2) is 5.33. The highest BCUT2D eigenvalue weighted by atomic mass is 16.5. The van der Waals surface area contributed by atoms with E-state index in [0.717, 1.165) is 0 Å². The van der Waals surface area contributed by atoms with Gasteiger partial charge in [-0.3, -0.25) is 0 Å². The molecule has 0 spiro atoms. The fraction of sp³-hybridized carbons (Fsp3) is 0.417. The number of rotatable bonds is 2. The van der Waals surface area contributed by atoms with E-state index >= 15 is 0 Å². The highest BCUT2D eigenvalue weighted by molar-refractivity contribution is 5.57. The summed E-state index contributed by atoms with van der Waals surface area (Å²) < 4.78 is 5.20. The first-order chi connectivity index (χ1) is 8.63. The van der Waals surface area contributed by atoms with Gasteiger partial charge >= 0.3 is 0 Å². The lowest BCUT2D eigenvalue weighted by Crippen LogP contribution is -2.55. The van der Waals surface area contributed by atoms with Gasteiger partial charge in [-0.25, -0.2) is 0 Å². The molecule has 0 aromatic heterocycles. The Morgan fingerprint density at radius 2 is 1.94 bits per heavy atom. The Morgan fingerprint density at radius 3 is 2.67 bits per heavy atom. The Morgan fingerprint density at radius 1 is 1.22 bits per heavy atom. The molecular formula is C12H14N2O4. The summed E-state index contributed by atoms with van der Waals surface area (Å²) in [5.74, 6) is 0. The van der Waals surface area contributed by atoms with E-state index in [2.05, 4.69) is 5.32 Å². The molecule has 6 nitrogen and oxygen atoms in total.